The van der Waals surface area contributed by atoms with Gasteiger partial charge in [-0.15, -0.1) is 0 Å². The zero-order chi connectivity index (χ0) is 12.9. The van der Waals surface area contributed by atoms with Crippen LogP contribution in [-0.2, 0) is 14.3 Å². The fourth-order valence-corrected chi connectivity index (χ4v) is 2.14. The maximum Gasteiger partial charge on any atom is 0.311 e. The molecule has 1 fully saturated rings. The second-order valence-electron chi connectivity index (χ2n) is 4.58. The molecule has 0 radical (unpaired) electrons. The minimum atomic E-state index is -0.858. The first kappa shape index (κ1) is 13.9. The molecule has 1 saturated carbocycles. The van der Waals surface area contributed by atoms with Gasteiger partial charge in [-0.2, -0.15) is 0 Å². The minimum absolute atomic E-state index is 0.0661. The number of nitrogens with two attached hydrogens (primary N) is 1. The van der Waals surface area contributed by atoms with Crippen molar-refractivity contribution in [1.29, 1.82) is 0 Å². The number of aliphatic carboxylic acids is 1. The number of rotatable bonds is 6. The number of carboxylic acids is 1. The van der Waals surface area contributed by atoms with Gasteiger partial charge in [-0.3, -0.25) is 9.59 Å². The lowest BCUT2D eigenvalue weighted by Crippen LogP contribution is -2.48. The first-order chi connectivity index (χ1) is 8.00. The van der Waals surface area contributed by atoms with Crippen molar-refractivity contribution in [2.24, 2.45) is 11.1 Å². The van der Waals surface area contributed by atoms with E-state index in [1.54, 1.807) is 6.92 Å². The third kappa shape index (κ3) is 3.41. The highest BCUT2D eigenvalue weighted by Gasteiger charge is 2.45. The Morgan fingerprint density at radius 3 is 2.88 bits per heavy atom. The van der Waals surface area contributed by atoms with Crippen LogP contribution < -0.4 is 11.1 Å². The average Bonchev–Trinajstić information content (AvgIpc) is 2.62. The topological polar surface area (TPSA) is 102 Å². The van der Waals surface area contributed by atoms with E-state index in [1.165, 1.54) is 0 Å². The largest absolute Gasteiger partial charge is 0.481 e. The molecule has 0 spiro atoms. The zero-order valence-electron chi connectivity index (χ0n) is 10.1. The molecule has 0 aliphatic heterocycles. The van der Waals surface area contributed by atoms with Crippen LogP contribution in [0.4, 0.5) is 0 Å². The normalized spacial score (nSPS) is 28.0. The van der Waals surface area contributed by atoms with Crippen molar-refractivity contribution in [2.45, 2.75) is 32.2 Å². The molecule has 0 aromatic carbocycles. The quantitative estimate of drug-likeness (QED) is 0.558. The Labute approximate surface area is 101 Å². The summed E-state index contributed by atoms with van der Waals surface area (Å²) in [5, 5.41) is 11.9. The van der Waals surface area contributed by atoms with Crippen molar-refractivity contribution in [2.75, 3.05) is 19.8 Å². The van der Waals surface area contributed by atoms with E-state index in [4.69, 9.17) is 10.5 Å². The van der Waals surface area contributed by atoms with E-state index in [9.17, 15) is 14.7 Å². The van der Waals surface area contributed by atoms with Gasteiger partial charge in [0, 0.05) is 12.6 Å². The van der Waals surface area contributed by atoms with Crippen LogP contribution in [0.3, 0.4) is 0 Å². The second-order valence-corrected chi connectivity index (χ2v) is 4.58. The first-order valence-electron chi connectivity index (χ1n) is 5.81. The highest BCUT2D eigenvalue weighted by Crippen LogP contribution is 2.38. The molecule has 1 aliphatic rings. The lowest BCUT2D eigenvalue weighted by molar-refractivity contribution is -0.149. The minimum Gasteiger partial charge on any atom is -0.481 e. The maximum atomic E-state index is 11.5. The van der Waals surface area contributed by atoms with Crippen LogP contribution in [0.1, 0.15) is 26.2 Å². The number of hydrogen-bond donors (Lipinski definition) is 3. The Morgan fingerprint density at radius 2 is 2.29 bits per heavy atom. The summed E-state index contributed by atoms with van der Waals surface area (Å²) in [5.41, 5.74) is 4.37. The molecular formula is C11H20N2O4. The fraction of sp³-hybridized carbons (Fsp3) is 0.818. The van der Waals surface area contributed by atoms with Gasteiger partial charge in [-0.05, 0) is 19.8 Å². The molecule has 0 bridgehead atoms. The first-order valence-corrected chi connectivity index (χ1v) is 5.81. The summed E-state index contributed by atoms with van der Waals surface area (Å²) < 4.78 is 5.00. The standard InChI is InChI=1S/C11H20N2O4/c1-11(10(15)16)4-2-3-8(11)13-9(14)7-17-6-5-12/h8H,2-7,12H2,1H3,(H,13,14)(H,15,16). The third-order valence-corrected chi connectivity index (χ3v) is 3.28. The zero-order valence-corrected chi connectivity index (χ0v) is 10.1. The Morgan fingerprint density at radius 1 is 1.59 bits per heavy atom. The van der Waals surface area contributed by atoms with Gasteiger partial charge in [0.25, 0.3) is 0 Å². The molecule has 6 heteroatoms. The Kier molecular flexibility index (Phi) is 4.89. The average molecular weight is 244 g/mol. The summed E-state index contributed by atoms with van der Waals surface area (Å²) in [7, 11) is 0. The van der Waals surface area contributed by atoms with Crippen LogP contribution in [0.15, 0.2) is 0 Å². The summed E-state index contributed by atoms with van der Waals surface area (Å²) >= 11 is 0. The highest BCUT2D eigenvalue weighted by atomic mass is 16.5. The molecule has 6 nitrogen and oxygen atoms in total. The van der Waals surface area contributed by atoms with Gasteiger partial charge in [0.05, 0.1) is 12.0 Å². The molecule has 98 valence electrons. The molecule has 1 aliphatic carbocycles. The van der Waals surface area contributed by atoms with Crippen LogP contribution in [0.5, 0.6) is 0 Å². The summed E-state index contributed by atoms with van der Waals surface area (Å²) in [6.07, 6.45) is 2.11. The summed E-state index contributed by atoms with van der Waals surface area (Å²) in [6, 6.07) is -0.311. The SMILES string of the molecule is CC1(C(=O)O)CCCC1NC(=O)COCCN. The molecule has 17 heavy (non-hydrogen) atoms. The van der Waals surface area contributed by atoms with E-state index < -0.39 is 11.4 Å². The molecule has 0 aromatic heterocycles. The summed E-state index contributed by atoms with van der Waals surface area (Å²) in [5.74, 6) is -1.14. The van der Waals surface area contributed by atoms with Crippen molar-refractivity contribution < 1.29 is 19.4 Å². The van der Waals surface area contributed by atoms with Crippen LogP contribution in [-0.4, -0.2) is 42.8 Å². The number of amides is 1. The summed E-state index contributed by atoms with van der Waals surface area (Å²) in [4.78, 5) is 22.7. The number of nitrogens with one attached hydrogen (secondary N) is 1. The van der Waals surface area contributed by atoms with Crippen molar-refractivity contribution in [3.05, 3.63) is 0 Å². The summed E-state index contributed by atoms with van der Waals surface area (Å²) in [6.45, 7) is 2.30. The van der Waals surface area contributed by atoms with Crippen molar-refractivity contribution >= 4 is 11.9 Å². The number of carbonyl (C=O) groups is 2. The van der Waals surface area contributed by atoms with Gasteiger partial charge in [0.15, 0.2) is 0 Å². The second kappa shape index (κ2) is 5.97. The molecule has 0 heterocycles. The van der Waals surface area contributed by atoms with E-state index in [1.807, 2.05) is 0 Å². The molecule has 1 amide bonds. The van der Waals surface area contributed by atoms with E-state index in [0.29, 0.717) is 26.0 Å². The molecule has 1 rings (SSSR count). The predicted molar refractivity (Wildman–Crippen MR) is 61.4 cm³/mol. The molecule has 0 saturated heterocycles. The molecular weight excluding hydrogens is 224 g/mol. The van der Waals surface area contributed by atoms with Gasteiger partial charge in [0.2, 0.25) is 5.91 Å². The third-order valence-electron chi connectivity index (χ3n) is 3.28. The molecule has 4 N–H and O–H groups in total. The Hall–Kier alpha value is -1.14. The van der Waals surface area contributed by atoms with Crippen LogP contribution in [0.2, 0.25) is 0 Å². The maximum absolute atomic E-state index is 11.5. The van der Waals surface area contributed by atoms with E-state index >= 15 is 0 Å². The number of hydrogen-bond acceptors (Lipinski definition) is 4. The highest BCUT2D eigenvalue weighted by molar-refractivity contribution is 5.80. The molecule has 2 atom stereocenters. The number of carboxylic acid groups (broad SMARTS) is 1. The predicted octanol–water partition coefficient (Wildman–Crippen LogP) is -0.279. The number of ether oxygens (including phenoxy) is 1. The van der Waals surface area contributed by atoms with Gasteiger partial charge >= 0.3 is 5.97 Å². The van der Waals surface area contributed by atoms with Crippen LogP contribution in [0, 0.1) is 5.41 Å². The van der Waals surface area contributed by atoms with Gasteiger partial charge in [-0.1, -0.05) is 6.42 Å². The van der Waals surface area contributed by atoms with Crippen molar-refractivity contribution in [3.8, 4) is 0 Å². The number of carbonyl (C=O) groups excluding carboxylic acids is 1. The van der Waals surface area contributed by atoms with Gasteiger partial charge in [0.1, 0.15) is 6.61 Å². The van der Waals surface area contributed by atoms with Crippen LogP contribution >= 0.6 is 0 Å². The van der Waals surface area contributed by atoms with E-state index in [0.717, 1.165) is 6.42 Å². The fourth-order valence-electron chi connectivity index (χ4n) is 2.14. The van der Waals surface area contributed by atoms with Crippen LogP contribution in [0.25, 0.3) is 0 Å². The smallest absolute Gasteiger partial charge is 0.311 e. The van der Waals surface area contributed by atoms with Crippen molar-refractivity contribution in [3.63, 3.8) is 0 Å². The lowest BCUT2D eigenvalue weighted by Gasteiger charge is -2.27. The van der Waals surface area contributed by atoms with Gasteiger partial charge in [-0.25, -0.2) is 0 Å². The van der Waals surface area contributed by atoms with Crippen molar-refractivity contribution in [1.82, 2.24) is 5.32 Å². The Bertz CT molecular complexity index is 295. The molecule has 2 unspecified atom stereocenters. The lowest BCUT2D eigenvalue weighted by atomic mass is 9.85. The molecule has 0 aromatic rings. The van der Waals surface area contributed by atoms with E-state index in [-0.39, 0.29) is 18.6 Å². The monoisotopic (exact) mass is 244 g/mol. The Balaban J connectivity index is 2.45. The van der Waals surface area contributed by atoms with Gasteiger partial charge < -0.3 is 20.9 Å². The van der Waals surface area contributed by atoms with E-state index in [2.05, 4.69) is 5.32 Å².